The topological polar surface area (TPSA) is 71.5 Å². The molecule has 1 aliphatic rings. The Balaban J connectivity index is 1.58. The Morgan fingerprint density at radius 1 is 1.31 bits per heavy atom. The van der Waals surface area contributed by atoms with Gasteiger partial charge in [-0.1, -0.05) is 11.6 Å². The summed E-state index contributed by atoms with van der Waals surface area (Å²) < 4.78 is 5.87. The third-order valence-electron chi connectivity index (χ3n) is 4.92. The van der Waals surface area contributed by atoms with Gasteiger partial charge in [-0.25, -0.2) is 0 Å². The van der Waals surface area contributed by atoms with Gasteiger partial charge in [0.2, 0.25) is 0 Å². The van der Waals surface area contributed by atoms with Crippen LogP contribution in [0.2, 0.25) is 5.02 Å². The fraction of sp³-hybridized carbons (Fsp3) is 0.474. The largest absolute Gasteiger partial charge is 0.460 e. The van der Waals surface area contributed by atoms with Crippen molar-refractivity contribution in [2.24, 2.45) is 0 Å². The molecule has 2 aromatic rings. The predicted octanol–water partition coefficient (Wildman–Crippen LogP) is 4.47. The van der Waals surface area contributed by atoms with Crippen LogP contribution in [0.5, 0.6) is 0 Å². The SMILES string of the molecule is CC(C)N1CCC(NCc2ccc(-c3ccc([N+](=O)[O-])cc3Cl)o2)CC1. The molecule has 0 bridgehead atoms. The van der Waals surface area contributed by atoms with Crippen LogP contribution < -0.4 is 5.32 Å². The lowest BCUT2D eigenvalue weighted by molar-refractivity contribution is -0.384. The van der Waals surface area contributed by atoms with Gasteiger partial charge in [0.25, 0.3) is 5.69 Å². The fourth-order valence-electron chi connectivity index (χ4n) is 3.30. The summed E-state index contributed by atoms with van der Waals surface area (Å²) in [5.41, 5.74) is 0.633. The van der Waals surface area contributed by atoms with Crippen LogP contribution in [0.25, 0.3) is 11.3 Å². The average Bonchev–Trinajstić information content (AvgIpc) is 3.08. The van der Waals surface area contributed by atoms with Crippen LogP contribution in [-0.2, 0) is 6.54 Å². The third-order valence-corrected chi connectivity index (χ3v) is 5.23. The molecule has 0 amide bonds. The Morgan fingerprint density at radius 3 is 2.65 bits per heavy atom. The first kappa shape index (κ1) is 18.9. The summed E-state index contributed by atoms with van der Waals surface area (Å²) in [5, 5.41) is 14.7. The number of non-ortho nitro benzene ring substituents is 1. The molecule has 0 aliphatic carbocycles. The summed E-state index contributed by atoms with van der Waals surface area (Å²) in [6.45, 7) is 7.38. The number of rotatable bonds is 6. The van der Waals surface area contributed by atoms with Gasteiger partial charge in [-0.15, -0.1) is 0 Å². The van der Waals surface area contributed by atoms with E-state index in [0.29, 0.717) is 35.0 Å². The normalized spacial score (nSPS) is 16.3. The molecule has 7 heteroatoms. The summed E-state index contributed by atoms with van der Waals surface area (Å²) in [6, 6.07) is 9.29. The molecule has 1 aromatic heterocycles. The molecule has 1 saturated heterocycles. The van der Waals surface area contributed by atoms with Gasteiger partial charge in [-0.2, -0.15) is 0 Å². The van der Waals surface area contributed by atoms with Crippen molar-refractivity contribution in [2.75, 3.05) is 13.1 Å². The summed E-state index contributed by atoms with van der Waals surface area (Å²) in [5.74, 6) is 1.46. The Hall–Kier alpha value is -1.89. The number of nitro benzene ring substituents is 1. The van der Waals surface area contributed by atoms with E-state index in [4.69, 9.17) is 16.0 Å². The maximum absolute atomic E-state index is 10.8. The van der Waals surface area contributed by atoms with E-state index in [0.717, 1.165) is 31.7 Å². The highest BCUT2D eigenvalue weighted by Crippen LogP contribution is 2.32. The zero-order valence-electron chi connectivity index (χ0n) is 15.1. The Morgan fingerprint density at radius 2 is 2.04 bits per heavy atom. The van der Waals surface area contributed by atoms with Gasteiger partial charge in [-0.3, -0.25) is 10.1 Å². The van der Waals surface area contributed by atoms with E-state index >= 15 is 0 Å². The minimum atomic E-state index is -0.461. The maximum atomic E-state index is 10.8. The van der Waals surface area contributed by atoms with Crippen molar-refractivity contribution in [1.82, 2.24) is 10.2 Å². The van der Waals surface area contributed by atoms with E-state index in [9.17, 15) is 10.1 Å². The first-order chi connectivity index (χ1) is 12.4. The number of hydrogen-bond donors (Lipinski definition) is 1. The summed E-state index contributed by atoms with van der Waals surface area (Å²) in [6.07, 6.45) is 2.28. The lowest BCUT2D eigenvalue weighted by atomic mass is 10.0. The molecule has 26 heavy (non-hydrogen) atoms. The van der Waals surface area contributed by atoms with Crippen LogP contribution in [0.1, 0.15) is 32.4 Å². The van der Waals surface area contributed by atoms with Gasteiger partial charge in [0.15, 0.2) is 0 Å². The summed E-state index contributed by atoms with van der Waals surface area (Å²) in [4.78, 5) is 12.8. The molecule has 6 nitrogen and oxygen atoms in total. The third kappa shape index (κ3) is 4.44. The van der Waals surface area contributed by atoms with Crippen LogP contribution in [0, 0.1) is 10.1 Å². The number of nitrogens with zero attached hydrogens (tertiary/aromatic N) is 2. The number of nitro groups is 1. The zero-order valence-corrected chi connectivity index (χ0v) is 15.8. The molecular weight excluding hydrogens is 354 g/mol. The first-order valence-corrected chi connectivity index (χ1v) is 9.32. The van der Waals surface area contributed by atoms with Gasteiger partial charge >= 0.3 is 0 Å². The molecule has 0 radical (unpaired) electrons. The van der Waals surface area contributed by atoms with Gasteiger partial charge in [0, 0.05) is 29.8 Å². The monoisotopic (exact) mass is 377 g/mol. The minimum Gasteiger partial charge on any atom is -0.460 e. The van der Waals surface area contributed by atoms with Crippen molar-refractivity contribution >= 4 is 17.3 Å². The van der Waals surface area contributed by atoms with Crippen LogP contribution in [-0.4, -0.2) is 35.0 Å². The molecule has 1 fully saturated rings. The van der Waals surface area contributed by atoms with Gasteiger partial charge in [-0.05, 0) is 58.0 Å². The number of piperidine rings is 1. The van der Waals surface area contributed by atoms with Crippen molar-refractivity contribution in [1.29, 1.82) is 0 Å². The van der Waals surface area contributed by atoms with Crippen molar-refractivity contribution in [3.8, 4) is 11.3 Å². The molecule has 140 valence electrons. The lowest BCUT2D eigenvalue weighted by Gasteiger charge is -2.34. The molecule has 3 rings (SSSR count). The number of hydrogen-bond acceptors (Lipinski definition) is 5. The van der Waals surface area contributed by atoms with E-state index in [2.05, 4.69) is 24.1 Å². The van der Waals surface area contributed by atoms with Crippen molar-refractivity contribution in [3.63, 3.8) is 0 Å². The van der Waals surface area contributed by atoms with E-state index in [1.165, 1.54) is 12.1 Å². The fourth-order valence-corrected chi connectivity index (χ4v) is 3.57. The van der Waals surface area contributed by atoms with Gasteiger partial charge in [0.1, 0.15) is 11.5 Å². The van der Waals surface area contributed by atoms with E-state index in [1.807, 2.05) is 12.1 Å². The van der Waals surface area contributed by atoms with Gasteiger partial charge < -0.3 is 14.6 Å². The molecule has 1 aliphatic heterocycles. The van der Waals surface area contributed by atoms with E-state index in [-0.39, 0.29) is 5.69 Å². The first-order valence-electron chi connectivity index (χ1n) is 8.94. The molecule has 1 aromatic carbocycles. The zero-order chi connectivity index (χ0) is 18.7. The molecule has 2 heterocycles. The summed E-state index contributed by atoms with van der Waals surface area (Å²) in [7, 11) is 0. The van der Waals surface area contributed by atoms with Crippen LogP contribution >= 0.6 is 11.6 Å². The Bertz CT molecular complexity index is 767. The quantitative estimate of drug-likeness (QED) is 0.594. The van der Waals surface area contributed by atoms with Crippen molar-refractivity contribution in [2.45, 2.75) is 45.3 Å². The number of furan rings is 1. The molecule has 1 N–H and O–H groups in total. The van der Waals surface area contributed by atoms with Crippen LogP contribution in [0.15, 0.2) is 34.7 Å². The Labute approximate surface area is 158 Å². The van der Waals surface area contributed by atoms with Crippen molar-refractivity contribution < 1.29 is 9.34 Å². The number of halogens is 1. The van der Waals surface area contributed by atoms with Crippen molar-refractivity contribution in [3.05, 3.63) is 51.2 Å². The standard InChI is InChI=1S/C19H24ClN3O3/c1-13(2)22-9-7-14(8-10-22)21-12-16-4-6-19(26-16)17-5-3-15(23(24)25)11-18(17)20/h3-6,11,13-14,21H,7-10,12H2,1-2H3. The molecule has 0 saturated carbocycles. The van der Waals surface area contributed by atoms with Crippen LogP contribution in [0.3, 0.4) is 0 Å². The highest BCUT2D eigenvalue weighted by atomic mass is 35.5. The minimum absolute atomic E-state index is 0.0278. The Kier molecular flexibility index (Phi) is 5.96. The molecular formula is C19H24ClN3O3. The smallest absolute Gasteiger partial charge is 0.270 e. The number of likely N-dealkylation sites (tertiary alicyclic amines) is 1. The molecule has 0 unspecified atom stereocenters. The second-order valence-electron chi connectivity index (χ2n) is 6.97. The number of benzene rings is 1. The second-order valence-corrected chi connectivity index (χ2v) is 7.38. The number of nitrogens with one attached hydrogen (secondary N) is 1. The highest BCUT2D eigenvalue weighted by Gasteiger charge is 2.20. The summed E-state index contributed by atoms with van der Waals surface area (Å²) >= 11 is 6.17. The van der Waals surface area contributed by atoms with Crippen LogP contribution in [0.4, 0.5) is 5.69 Å². The average molecular weight is 378 g/mol. The highest BCUT2D eigenvalue weighted by molar-refractivity contribution is 6.33. The molecule has 0 atom stereocenters. The second kappa shape index (κ2) is 8.20. The maximum Gasteiger partial charge on any atom is 0.270 e. The predicted molar refractivity (Wildman–Crippen MR) is 102 cm³/mol. The molecule has 0 spiro atoms. The van der Waals surface area contributed by atoms with Gasteiger partial charge in [0.05, 0.1) is 16.5 Å². The lowest BCUT2D eigenvalue weighted by Crippen LogP contribution is -2.44. The van der Waals surface area contributed by atoms with E-state index in [1.54, 1.807) is 6.07 Å². The van der Waals surface area contributed by atoms with E-state index < -0.39 is 4.92 Å².